The van der Waals surface area contributed by atoms with Gasteiger partial charge in [0.15, 0.2) is 0 Å². The Balaban J connectivity index is 0.898. The predicted octanol–water partition coefficient (Wildman–Crippen LogP) is 4.45. The molecule has 0 bridgehead atoms. The fourth-order valence-corrected chi connectivity index (χ4v) is 30.3. The number of phenolic OH excluding ortho intramolecular Hbond substituents is 2. The van der Waals surface area contributed by atoms with Crippen LogP contribution in [0.25, 0.3) is 135 Å². The number of aliphatic hydroxyl groups excluding tert-OH is 1. The van der Waals surface area contributed by atoms with E-state index in [2.05, 4.69) is 6.08 Å². The quantitative estimate of drug-likeness (QED) is 0.0776. The van der Waals surface area contributed by atoms with Crippen molar-refractivity contribution >= 4 is 166 Å². The monoisotopic (exact) mass is 1460 g/mol. The van der Waals surface area contributed by atoms with Crippen LogP contribution in [0.4, 0.5) is 0 Å². The molecule has 0 aliphatic heterocycles. The van der Waals surface area contributed by atoms with Crippen LogP contribution in [0.2, 0.25) is 0 Å². The molecule has 18 nitrogen and oxygen atoms in total. The standard InChI is InChI=1S/C94H46O18/c1-21-2-4-30-46-31(21)15-35-50-62(46)81-71-61-67-76-34(16-39(88(102)103)73(30)91(76,81)107)25-6-8-28-45-38(87(100)101)10-23-12-43(112-20-96)40-17-37-55-77-47-32(13-24(111-19-95)14-36(47)86(37)99)27-7-9-29-48-42(98)18-33-26-5-3-22-11-41(97)56(54(35)89(104)105)57-44(22)74(26)92(108,82(71)65(50)57)79-53(33)58(48)66-59-52(29)75(27)93(77,109)85-68(59)83-64(60-63(45)72(23)90(40,106)80(55)69(60)85)49(28)51(25)78(67)94(83,110)84(66)70(61)79/h3-4,8-20,24,38-39,42,72-73,78,82,85,97-99,106-110H,2,5-7H2,1H3,(H,100,101)(H,102,103)(H,104,105). The number of aromatic hydroxyl groups is 2. The smallest absolute Gasteiger partial charge is 0.337 e. The lowest BCUT2D eigenvalue weighted by Gasteiger charge is -2.67. The Bertz CT molecular complexity index is 8180. The van der Waals surface area contributed by atoms with Gasteiger partial charge in [-0.05, 0) is 283 Å². The van der Waals surface area contributed by atoms with Crippen molar-refractivity contribution in [1.82, 2.24) is 0 Å². The predicted molar refractivity (Wildman–Crippen MR) is 401 cm³/mol. The lowest BCUT2D eigenvalue weighted by molar-refractivity contribution is -0.143. The number of rotatable bonds is 7. The summed E-state index contributed by atoms with van der Waals surface area (Å²) in [5, 5.41) is 165. The summed E-state index contributed by atoms with van der Waals surface area (Å²) in [4.78, 5) is 71.0. The van der Waals surface area contributed by atoms with Crippen LogP contribution in [0.15, 0.2) is 105 Å². The molecule has 25 aliphatic carbocycles. The molecule has 7 aromatic carbocycles. The van der Waals surface area contributed by atoms with Gasteiger partial charge < -0.3 is 65.6 Å². The van der Waals surface area contributed by atoms with Crippen molar-refractivity contribution < 1.29 is 89.6 Å². The minimum atomic E-state index is -2.38. The van der Waals surface area contributed by atoms with Crippen LogP contribution in [0.1, 0.15) is 161 Å². The van der Waals surface area contributed by atoms with Gasteiger partial charge in [-0.3, -0.25) is 19.2 Å². The van der Waals surface area contributed by atoms with E-state index in [0.29, 0.717) is 261 Å². The Morgan fingerprint density at radius 2 is 1.24 bits per heavy atom. The van der Waals surface area contributed by atoms with Crippen molar-refractivity contribution in [3.63, 3.8) is 0 Å². The average Bonchev–Trinajstić information content (AvgIpc) is 0.599. The van der Waals surface area contributed by atoms with Gasteiger partial charge in [-0.1, -0.05) is 42.0 Å². The third-order valence-electron chi connectivity index (χ3n) is 32.6. The molecule has 7 aromatic rings. The topological polar surface area (TPSA) is 326 Å². The molecule has 0 amide bonds. The molecule has 18 heteroatoms. The second-order valence-corrected chi connectivity index (χ2v) is 35.5. The van der Waals surface area contributed by atoms with E-state index < -0.39 is 99.5 Å². The van der Waals surface area contributed by atoms with E-state index in [9.17, 15) is 45.0 Å². The summed E-state index contributed by atoms with van der Waals surface area (Å²) >= 11 is 0. The summed E-state index contributed by atoms with van der Waals surface area (Å²) in [7, 11) is 0. The van der Waals surface area contributed by atoms with Gasteiger partial charge in [-0.15, -0.1) is 0 Å². The Labute approximate surface area is 624 Å². The minimum Gasteiger partial charge on any atom is -0.507 e. The highest BCUT2D eigenvalue weighted by Crippen LogP contribution is 2.83. The Morgan fingerprint density at radius 3 is 2.03 bits per heavy atom. The van der Waals surface area contributed by atoms with Gasteiger partial charge in [0, 0.05) is 107 Å². The summed E-state index contributed by atoms with van der Waals surface area (Å²) in [6.07, 6.45) is 17.9. The summed E-state index contributed by atoms with van der Waals surface area (Å²) in [5.41, 5.74) is 6.58. The van der Waals surface area contributed by atoms with Gasteiger partial charge in [0.2, 0.25) is 0 Å². The molecule has 32 rings (SSSR count). The van der Waals surface area contributed by atoms with E-state index >= 15 is 35.1 Å². The summed E-state index contributed by atoms with van der Waals surface area (Å²) in [6, 6.07) is 3.46. The lowest BCUT2D eigenvalue weighted by Crippen LogP contribution is -2.67. The maximum Gasteiger partial charge on any atom is 0.337 e. The van der Waals surface area contributed by atoms with Crippen molar-refractivity contribution in [2.75, 3.05) is 0 Å². The molecular weight excluding hydrogens is 1420 g/mol. The molecule has 14 unspecified atom stereocenters. The number of ether oxygens (including phenoxy) is 2. The molecule has 0 radical (unpaired) electrons. The van der Waals surface area contributed by atoms with Crippen molar-refractivity contribution in [2.24, 2.45) is 23.7 Å². The first-order chi connectivity index (χ1) is 54.1. The largest absolute Gasteiger partial charge is 0.507 e. The SMILES string of the molecule is CC1=c2cc3c(C(=O)O)c4c(O)cc5c6c4c4c3c3c2C(=CC1)C1C(C(=O)O)C=C2C7=C8c9c%10c%11c%12c(c9=CC7)C(C(=O)O)C=C7C=C(OC=O)C9=Cc%13c(O)c%14c%15c%16c%13=C(C=%11C%11C%13=C%10C%10(O)c%17c%18c%19c%20c%21c(c%22c(c%13c%17%21)C(=C(CC=%22)C%15=CC(OC=O)C=%14)C%16%11O)C(O)C=C%20C(=C6C%19(O)C4C4=C3C1(O)C2=C(C=%184)C8%10)CC=5)C9(O)C7%12. The maximum atomic E-state index is 17.1. The number of carbonyl (C=O) groups is 5. The van der Waals surface area contributed by atoms with Crippen LogP contribution < -0.4 is 41.7 Å². The number of carboxylic acids is 3. The molecular formula is C94H46O18. The first-order valence-corrected chi connectivity index (χ1v) is 38.4. The van der Waals surface area contributed by atoms with Gasteiger partial charge in [-0.2, -0.15) is 0 Å². The van der Waals surface area contributed by atoms with Gasteiger partial charge >= 0.3 is 17.9 Å². The van der Waals surface area contributed by atoms with E-state index in [1.807, 2.05) is 43.4 Å². The third-order valence-corrected chi connectivity index (χ3v) is 32.6. The van der Waals surface area contributed by atoms with Crippen LogP contribution >= 0.6 is 0 Å². The van der Waals surface area contributed by atoms with E-state index in [-0.39, 0.29) is 86.5 Å². The molecule has 11 N–H and O–H groups in total. The molecule has 0 saturated heterocycles. The fourth-order valence-electron chi connectivity index (χ4n) is 30.3. The van der Waals surface area contributed by atoms with Gasteiger partial charge in [0.05, 0.1) is 17.6 Å². The van der Waals surface area contributed by atoms with Crippen LogP contribution in [0, 0.1) is 23.7 Å². The zero-order valence-electron chi connectivity index (χ0n) is 58.0. The summed E-state index contributed by atoms with van der Waals surface area (Å²) in [6.45, 7) is 2.54. The first kappa shape index (κ1) is 56.8. The van der Waals surface area contributed by atoms with Crippen LogP contribution in [-0.4, -0.2) is 104 Å². The van der Waals surface area contributed by atoms with Crippen molar-refractivity contribution in [3.05, 3.63) is 246 Å². The van der Waals surface area contributed by atoms with Crippen molar-refractivity contribution in [1.29, 1.82) is 0 Å². The molecule has 112 heavy (non-hydrogen) atoms. The number of allylic oxidation sites excluding steroid dienone is 7. The fraction of sp³-hybridized carbons (Fsp3) is 0.202. The first-order valence-electron chi connectivity index (χ1n) is 38.4. The van der Waals surface area contributed by atoms with E-state index in [1.165, 1.54) is 0 Å². The maximum absolute atomic E-state index is 17.1. The summed E-state index contributed by atoms with van der Waals surface area (Å²) < 4.78 is 11.9. The Kier molecular flexibility index (Phi) is 7.90. The summed E-state index contributed by atoms with van der Waals surface area (Å²) in [5.74, 6) is -13.8. The molecule has 0 saturated carbocycles. The zero-order chi connectivity index (χ0) is 74.2. The van der Waals surface area contributed by atoms with Crippen molar-refractivity contribution in [3.8, 4) is 11.5 Å². The third kappa shape index (κ3) is 4.55. The van der Waals surface area contributed by atoms with Crippen LogP contribution in [0.3, 0.4) is 0 Å². The highest BCUT2D eigenvalue weighted by molar-refractivity contribution is 6.35. The number of aliphatic hydroxyl groups is 6. The van der Waals surface area contributed by atoms with E-state index in [4.69, 9.17) is 9.47 Å². The number of benzene rings is 7. The van der Waals surface area contributed by atoms with E-state index in [0.717, 1.165) is 5.57 Å². The number of carbonyl (C=O) groups excluding carboxylic acids is 2. The number of hydrogen-bond acceptors (Lipinski definition) is 15. The number of hydrogen-bond donors (Lipinski definition) is 11. The van der Waals surface area contributed by atoms with E-state index in [1.54, 1.807) is 36.4 Å². The molecule has 14 atom stereocenters. The normalized spacial score (nSPS) is 33.8. The Hall–Kier alpha value is -12.4. The second kappa shape index (κ2) is 15.6. The number of carboxylic acid groups (broad SMARTS) is 3. The van der Waals surface area contributed by atoms with Gasteiger partial charge in [0.1, 0.15) is 57.3 Å². The minimum absolute atomic E-state index is 0.00360. The number of fused-ring (bicyclic) bond motifs is 6. The zero-order valence-corrected chi connectivity index (χ0v) is 58.0. The van der Waals surface area contributed by atoms with Gasteiger partial charge in [-0.25, -0.2) is 4.79 Å². The second-order valence-electron chi connectivity index (χ2n) is 35.5. The molecule has 0 heterocycles. The molecule has 530 valence electrons. The lowest BCUT2D eigenvalue weighted by atomic mass is 9.37. The Morgan fingerprint density at radius 1 is 0.518 bits per heavy atom. The van der Waals surface area contributed by atoms with Gasteiger partial charge in [0.25, 0.3) is 12.9 Å². The molecule has 0 fully saturated rings. The highest BCUT2D eigenvalue weighted by Gasteiger charge is 2.77. The average molecular weight is 1460 g/mol. The molecule has 0 aromatic heterocycles. The number of phenols is 2. The highest BCUT2D eigenvalue weighted by atomic mass is 16.5. The molecule has 25 aliphatic rings. The number of aliphatic carboxylic acids is 2. The molecule has 0 spiro atoms. The number of aromatic carboxylic acids is 1. The van der Waals surface area contributed by atoms with Crippen molar-refractivity contribution in [2.45, 2.75) is 90.6 Å². The van der Waals surface area contributed by atoms with Crippen LogP contribution in [0.5, 0.6) is 11.5 Å². The van der Waals surface area contributed by atoms with Crippen LogP contribution in [-0.2, 0) is 45.5 Å².